The summed E-state index contributed by atoms with van der Waals surface area (Å²) >= 11 is 0. The van der Waals surface area contributed by atoms with Gasteiger partial charge in [0.05, 0.1) is 10.4 Å². The molecule has 0 atom stereocenters. The van der Waals surface area contributed by atoms with Gasteiger partial charge in [0.2, 0.25) is 15.3 Å². The molecule has 0 N–H and O–H groups in total. The molecule has 1 aromatic heterocycles. The quantitative estimate of drug-likeness (QED) is 0.455. The van der Waals surface area contributed by atoms with Crippen molar-refractivity contribution in [2.24, 2.45) is 0 Å². The predicted octanol–water partition coefficient (Wildman–Crippen LogP) is 4.30. The minimum atomic E-state index is -4.29. The van der Waals surface area contributed by atoms with E-state index in [9.17, 15) is 26.4 Å². The fourth-order valence-corrected chi connectivity index (χ4v) is 4.56. The molecular formula is C22H14F3NO3S. The van der Waals surface area contributed by atoms with E-state index in [4.69, 9.17) is 0 Å². The second kappa shape index (κ2) is 7.46. The third-order valence-corrected chi connectivity index (χ3v) is 6.45. The third kappa shape index (κ3) is 3.61. The van der Waals surface area contributed by atoms with E-state index >= 15 is 0 Å². The molecule has 152 valence electrons. The summed E-state index contributed by atoms with van der Waals surface area (Å²) in [5, 5.41) is -0.111. The standard InChI is InChI=1S/C22H14F3NO3S/c23-15-3-1-14(2-4-15)12-26-13-21(22(27)19-11-17(25)7-10-20(19)26)30(28,29)18-8-5-16(24)6-9-18/h1-11,13H,12H2. The summed E-state index contributed by atoms with van der Waals surface area (Å²) in [6, 6.07) is 13.2. The second-order valence-corrected chi connectivity index (χ2v) is 8.61. The Morgan fingerprint density at radius 1 is 0.767 bits per heavy atom. The van der Waals surface area contributed by atoms with Gasteiger partial charge in [0.25, 0.3) is 0 Å². The van der Waals surface area contributed by atoms with Crippen molar-refractivity contribution in [3.8, 4) is 0 Å². The zero-order valence-electron chi connectivity index (χ0n) is 15.3. The molecule has 4 rings (SSSR count). The molecule has 4 aromatic rings. The van der Waals surface area contributed by atoms with Gasteiger partial charge in [-0.05, 0) is 60.2 Å². The fourth-order valence-electron chi connectivity index (χ4n) is 3.19. The van der Waals surface area contributed by atoms with Crippen LogP contribution in [0.25, 0.3) is 10.9 Å². The first-order valence-corrected chi connectivity index (χ1v) is 10.3. The predicted molar refractivity (Wildman–Crippen MR) is 106 cm³/mol. The topological polar surface area (TPSA) is 56.1 Å². The van der Waals surface area contributed by atoms with Crippen LogP contribution in [0, 0.1) is 17.5 Å². The van der Waals surface area contributed by atoms with Crippen molar-refractivity contribution in [2.75, 3.05) is 0 Å². The molecule has 0 amide bonds. The Labute approximate surface area is 169 Å². The Bertz CT molecular complexity index is 1410. The van der Waals surface area contributed by atoms with Gasteiger partial charge in [-0.3, -0.25) is 4.79 Å². The molecule has 0 saturated heterocycles. The first kappa shape index (κ1) is 19.9. The van der Waals surface area contributed by atoms with Crippen LogP contribution in [-0.2, 0) is 16.4 Å². The molecule has 0 aliphatic heterocycles. The summed E-state index contributed by atoms with van der Waals surface area (Å²) in [6.07, 6.45) is 1.17. The zero-order chi connectivity index (χ0) is 21.5. The molecule has 8 heteroatoms. The molecule has 0 aliphatic rings. The molecule has 4 nitrogen and oxygen atoms in total. The van der Waals surface area contributed by atoms with Crippen LogP contribution in [0.5, 0.6) is 0 Å². The van der Waals surface area contributed by atoms with E-state index < -0.39 is 37.6 Å². The molecular weight excluding hydrogens is 415 g/mol. The average molecular weight is 429 g/mol. The SMILES string of the molecule is O=c1c(S(=O)(=O)c2ccc(F)cc2)cn(Cc2ccc(F)cc2)c2ccc(F)cc12. The van der Waals surface area contributed by atoms with E-state index in [1.165, 1.54) is 41.1 Å². The van der Waals surface area contributed by atoms with Gasteiger partial charge in [0.1, 0.15) is 22.3 Å². The molecule has 30 heavy (non-hydrogen) atoms. The summed E-state index contributed by atoms with van der Waals surface area (Å²) in [7, 11) is -4.29. The number of nitrogens with zero attached hydrogens (tertiary/aromatic N) is 1. The molecule has 0 fully saturated rings. The van der Waals surface area contributed by atoms with Gasteiger partial charge >= 0.3 is 0 Å². The number of hydrogen-bond acceptors (Lipinski definition) is 3. The monoisotopic (exact) mass is 429 g/mol. The van der Waals surface area contributed by atoms with Crippen LogP contribution >= 0.6 is 0 Å². The maximum absolute atomic E-state index is 13.8. The summed E-state index contributed by atoms with van der Waals surface area (Å²) in [4.78, 5) is 12.1. The largest absolute Gasteiger partial charge is 0.341 e. The minimum Gasteiger partial charge on any atom is -0.341 e. The van der Waals surface area contributed by atoms with E-state index in [-0.39, 0.29) is 16.8 Å². The molecule has 3 aromatic carbocycles. The van der Waals surface area contributed by atoms with Crippen molar-refractivity contribution >= 4 is 20.7 Å². The molecule has 0 aliphatic carbocycles. The maximum atomic E-state index is 13.8. The summed E-state index contributed by atoms with van der Waals surface area (Å²) in [5.74, 6) is -1.74. The van der Waals surface area contributed by atoms with Crippen LogP contribution in [0.3, 0.4) is 0 Å². The Morgan fingerprint density at radius 3 is 1.97 bits per heavy atom. The van der Waals surface area contributed by atoms with E-state index in [1.54, 1.807) is 0 Å². The lowest BCUT2D eigenvalue weighted by molar-refractivity contribution is 0.592. The Morgan fingerprint density at radius 2 is 1.33 bits per heavy atom. The minimum absolute atomic E-state index is 0.111. The molecule has 0 radical (unpaired) electrons. The number of aromatic nitrogens is 1. The van der Waals surface area contributed by atoms with Crippen molar-refractivity contribution in [3.05, 3.63) is 106 Å². The number of sulfone groups is 1. The smallest absolute Gasteiger partial charge is 0.211 e. The number of hydrogen-bond donors (Lipinski definition) is 0. The fraction of sp³-hybridized carbons (Fsp3) is 0.0455. The first-order chi connectivity index (χ1) is 14.3. The summed E-state index contributed by atoms with van der Waals surface area (Å²) in [5.41, 5.74) is 0.115. The lowest BCUT2D eigenvalue weighted by atomic mass is 10.1. The zero-order valence-corrected chi connectivity index (χ0v) is 16.2. The van der Waals surface area contributed by atoms with E-state index in [0.29, 0.717) is 11.1 Å². The Balaban J connectivity index is 1.96. The van der Waals surface area contributed by atoms with Gasteiger partial charge in [-0.25, -0.2) is 21.6 Å². The highest BCUT2D eigenvalue weighted by Gasteiger charge is 2.24. The van der Waals surface area contributed by atoms with Crippen molar-refractivity contribution in [3.63, 3.8) is 0 Å². The van der Waals surface area contributed by atoms with Crippen LogP contribution in [0.4, 0.5) is 13.2 Å². The summed E-state index contributed by atoms with van der Waals surface area (Å²) < 4.78 is 67.9. The molecule has 0 spiro atoms. The maximum Gasteiger partial charge on any atom is 0.211 e. The highest BCUT2D eigenvalue weighted by molar-refractivity contribution is 7.91. The molecule has 0 bridgehead atoms. The Kier molecular flexibility index (Phi) is 4.95. The van der Waals surface area contributed by atoms with Gasteiger partial charge in [0.15, 0.2) is 0 Å². The van der Waals surface area contributed by atoms with E-state index in [0.717, 1.165) is 36.4 Å². The third-order valence-electron chi connectivity index (χ3n) is 4.69. The Hall–Kier alpha value is -3.39. The number of benzene rings is 3. The number of rotatable bonds is 4. The van der Waals surface area contributed by atoms with Crippen molar-refractivity contribution < 1.29 is 21.6 Å². The van der Waals surface area contributed by atoms with Gasteiger partial charge in [-0.2, -0.15) is 0 Å². The van der Waals surface area contributed by atoms with Crippen LogP contribution in [-0.4, -0.2) is 13.0 Å². The highest BCUT2D eigenvalue weighted by Crippen LogP contribution is 2.23. The summed E-state index contributed by atoms with van der Waals surface area (Å²) in [6.45, 7) is 0.120. The van der Waals surface area contributed by atoms with Crippen LogP contribution in [0.2, 0.25) is 0 Å². The van der Waals surface area contributed by atoms with Crippen molar-refractivity contribution in [1.29, 1.82) is 0 Å². The van der Waals surface area contributed by atoms with Crippen LogP contribution in [0.15, 0.2) is 87.5 Å². The van der Waals surface area contributed by atoms with Crippen LogP contribution in [0.1, 0.15) is 5.56 Å². The number of halogens is 3. The first-order valence-electron chi connectivity index (χ1n) is 8.83. The van der Waals surface area contributed by atoms with Crippen LogP contribution < -0.4 is 5.43 Å². The normalized spacial score (nSPS) is 11.7. The van der Waals surface area contributed by atoms with Gasteiger partial charge in [-0.1, -0.05) is 12.1 Å². The number of pyridine rings is 1. The lowest BCUT2D eigenvalue weighted by Gasteiger charge is -2.14. The number of fused-ring (bicyclic) bond motifs is 1. The molecule has 0 saturated carbocycles. The second-order valence-electron chi connectivity index (χ2n) is 6.70. The van der Waals surface area contributed by atoms with Crippen molar-refractivity contribution in [1.82, 2.24) is 4.57 Å². The van der Waals surface area contributed by atoms with E-state index in [1.807, 2.05) is 0 Å². The molecule has 1 heterocycles. The van der Waals surface area contributed by atoms with E-state index in [2.05, 4.69) is 0 Å². The van der Waals surface area contributed by atoms with Gasteiger partial charge < -0.3 is 4.57 Å². The average Bonchev–Trinajstić information content (AvgIpc) is 2.72. The highest BCUT2D eigenvalue weighted by atomic mass is 32.2. The molecule has 0 unspecified atom stereocenters. The van der Waals surface area contributed by atoms with Gasteiger partial charge in [0, 0.05) is 18.1 Å². The van der Waals surface area contributed by atoms with Gasteiger partial charge in [-0.15, -0.1) is 0 Å². The lowest BCUT2D eigenvalue weighted by Crippen LogP contribution is -2.20. The van der Waals surface area contributed by atoms with Crippen molar-refractivity contribution in [2.45, 2.75) is 16.3 Å².